The SMILES string of the molecule is CCNC(=NCc1cccc(OCc2ccccn2)c1)NCC1Cc2ccccc2O1. The lowest BCUT2D eigenvalue weighted by Gasteiger charge is -2.15. The van der Waals surface area contributed by atoms with Crippen LogP contribution in [0.25, 0.3) is 0 Å². The number of guanidine groups is 1. The molecule has 0 saturated heterocycles. The van der Waals surface area contributed by atoms with Crippen molar-refractivity contribution in [2.75, 3.05) is 13.1 Å². The van der Waals surface area contributed by atoms with Crippen molar-refractivity contribution in [3.8, 4) is 11.5 Å². The molecule has 160 valence electrons. The topological polar surface area (TPSA) is 67.8 Å². The zero-order valence-electron chi connectivity index (χ0n) is 17.8. The molecule has 3 aromatic rings. The number of ether oxygens (including phenoxy) is 2. The predicted molar refractivity (Wildman–Crippen MR) is 122 cm³/mol. The van der Waals surface area contributed by atoms with E-state index in [-0.39, 0.29) is 6.10 Å². The van der Waals surface area contributed by atoms with Crippen molar-refractivity contribution in [2.24, 2.45) is 4.99 Å². The molecule has 2 heterocycles. The van der Waals surface area contributed by atoms with Crippen molar-refractivity contribution in [3.05, 3.63) is 89.7 Å². The molecular weight excluding hydrogens is 388 g/mol. The number of fused-ring (bicyclic) bond motifs is 1. The summed E-state index contributed by atoms with van der Waals surface area (Å²) in [6.07, 6.45) is 2.80. The summed E-state index contributed by atoms with van der Waals surface area (Å²) >= 11 is 0. The quantitative estimate of drug-likeness (QED) is 0.433. The summed E-state index contributed by atoms with van der Waals surface area (Å²) in [4.78, 5) is 9.01. The van der Waals surface area contributed by atoms with Crippen LogP contribution in [0.15, 0.2) is 77.9 Å². The van der Waals surface area contributed by atoms with E-state index < -0.39 is 0 Å². The van der Waals surface area contributed by atoms with E-state index in [9.17, 15) is 0 Å². The zero-order chi connectivity index (χ0) is 21.3. The number of benzene rings is 2. The first-order valence-corrected chi connectivity index (χ1v) is 10.7. The van der Waals surface area contributed by atoms with Crippen LogP contribution in [0, 0.1) is 0 Å². The third-order valence-corrected chi connectivity index (χ3v) is 4.99. The van der Waals surface area contributed by atoms with Crippen molar-refractivity contribution in [1.29, 1.82) is 0 Å². The molecule has 0 amide bonds. The zero-order valence-corrected chi connectivity index (χ0v) is 17.8. The molecule has 6 nitrogen and oxygen atoms in total. The second-order valence-electron chi connectivity index (χ2n) is 7.38. The summed E-state index contributed by atoms with van der Waals surface area (Å²) in [6.45, 7) is 4.56. The molecule has 1 aliphatic rings. The fraction of sp³-hybridized carbons (Fsp3) is 0.280. The molecule has 0 aliphatic carbocycles. The average molecular weight is 417 g/mol. The Morgan fingerprint density at radius 1 is 1.10 bits per heavy atom. The van der Waals surface area contributed by atoms with Gasteiger partial charge in [0.25, 0.3) is 0 Å². The maximum Gasteiger partial charge on any atom is 0.191 e. The molecule has 1 unspecified atom stereocenters. The summed E-state index contributed by atoms with van der Waals surface area (Å²) in [5.74, 6) is 2.58. The maximum absolute atomic E-state index is 6.01. The number of hydrogen-bond acceptors (Lipinski definition) is 4. The van der Waals surface area contributed by atoms with E-state index in [1.54, 1.807) is 6.20 Å². The number of pyridine rings is 1. The fourth-order valence-electron chi connectivity index (χ4n) is 3.46. The van der Waals surface area contributed by atoms with Crippen LogP contribution in [0.2, 0.25) is 0 Å². The second kappa shape index (κ2) is 10.5. The minimum absolute atomic E-state index is 0.115. The van der Waals surface area contributed by atoms with E-state index >= 15 is 0 Å². The third kappa shape index (κ3) is 5.98. The van der Waals surface area contributed by atoms with Crippen LogP contribution in [-0.2, 0) is 19.6 Å². The Morgan fingerprint density at radius 2 is 2.00 bits per heavy atom. The van der Waals surface area contributed by atoms with Crippen LogP contribution in [0.3, 0.4) is 0 Å². The lowest BCUT2D eigenvalue weighted by atomic mass is 10.1. The highest BCUT2D eigenvalue weighted by Gasteiger charge is 2.22. The Labute approximate surface area is 183 Å². The number of aliphatic imine (C=N–C) groups is 1. The van der Waals surface area contributed by atoms with Crippen molar-refractivity contribution in [2.45, 2.75) is 32.6 Å². The van der Waals surface area contributed by atoms with Gasteiger partial charge in [0.2, 0.25) is 0 Å². The molecular formula is C25H28N4O2. The van der Waals surface area contributed by atoms with Crippen molar-refractivity contribution < 1.29 is 9.47 Å². The Bertz CT molecular complexity index is 982. The highest BCUT2D eigenvalue weighted by Crippen LogP contribution is 2.27. The molecule has 2 N–H and O–H groups in total. The van der Waals surface area contributed by atoms with Crippen LogP contribution >= 0.6 is 0 Å². The predicted octanol–water partition coefficient (Wildman–Crippen LogP) is 3.72. The molecule has 0 fully saturated rings. The van der Waals surface area contributed by atoms with Gasteiger partial charge in [0.15, 0.2) is 5.96 Å². The van der Waals surface area contributed by atoms with Gasteiger partial charge in [-0.3, -0.25) is 4.98 Å². The van der Waals surface area contributed by atoms with Gasteiger partial charge in [-0.15, -0.1) is 0 Å². The molecule has 0 radical (unpaired) electrons. The van der Waals surface area contributed by atoms with E-state index in [4.69, 9.17) is 14.5 Å². The Balaban J connectivity index is 1.31. The summed E-state index contributed by atoms with van der Waals surface area (Å²) in [5.41, 5.74) is 3.25. The monoisotopic (exact) mass is 416 g/mol. The number of rotatable bonds is 8. The van der Waals surface area contributed by atoms with E-state index in [0.29, 0.717) is 19.7 Å². The van der Waals surface area contributed by atoms with Gasteiger partial charge < -0.3 is 20.1 Å². The Kier molecular flexibility index (Phi) is 7.00. The van der Waals surface area contributed by atoms with Crippen LogP contribution in [0.4, 0.5) is 0 Å². The highest BCUT2D eigenvalue weighted by atomic mass is 16.5. The molecule has 1 aromatic heterocycles. The van der Waals surface area contributed by atoms with Crippen LogP contribution in [0.5, 0.6) is 11.5 Å². The van der Waals surface area contributed by atoms with Gasteiger partial charge in [0, 0.05) is 19.2 Å². The van der Waals surface area contributed by atoms with Gasteiger partial charge in [-0.25, -0.2) is 4.99 Å². The van der Waals surface area contributed by atoms with E-state index in [2.05, 4.69) is 40.7 Å². The Morgan fingerprint density at radius 3 is 2.84 bits per heavy atom. The first kappa shape index (κ1) is 20.7. The number of nitrogens with one attached hydrogen (secondary N) is 2. The molecule has 4 rings (SSSR count). The first-order chi connectivity index (χ1) is 15.3. The van der Waals surface area contributed by atoms with Crippen LogP contribution in [-0.4, -0.2) is 30.1 Å². The van der Waals surface area contributed by atoms with Gasteiger partial charge in [0.1, 0.15) is 24.2 Å². The molecule has 31 heavy (non-hydrogen) atoms. The van der Waals surface area contributed by atoms with Crippen molar-refractivity contribution in [3.63, 3.8) is 0 Å². The first-order valence-electron chi connectivity index (χ1n) is 10.7. The summed E-state index contributed by atoms with van der Waals surface area (Å²) in [5, 5.41) is 6.71. The van der Waals surface area contributed by atoms with E-state index in [0.717, 1.165) is 41.7 Å². The minimum atomic E-state index is 0.115. The molecule has 0 saturated carbocycles. The summed E-state index contributed by atoms with van der Waals surface area (Å²) < 4.78 is 11.9. The molecule has 1 atom stereocenters. The smallest absolute Gasteiger partial charge is 0.191 e. The molecule has 1 aliphatic heterocycles. The minimum Gasteiger partial charge on any atom is -0.488 e. The fourth-order valence-corrected chi connectivity index (χ4v) is 3.46. The maximum atomic E-state index is 6.01. The van der Waals surface area contributed by atoms with Gasteiger partial charge >= 0.3 is 0 Å². The second-order valence-corrected chi connectivity index (χ2v) is 7.38. The van der Waals surface area contributed by atoms with Gasteiger partial charge in [-0.1, -0.05) is 36.4 Å². The number of para-hydroxylation sites is 1. The molecule has 6 heteroatoms. The standard InChI is InChI=1S/C25H28N4O2/c1-2-26-25(29-17-23-15-20-9-3-4-12-24(20)31-23)28-16-19-8-7-11-22(14-19)30-18-21-10-5-6-13-27-21/h3-14,23H,2,15-18H2,1H3,(H2,26,28,29). The van der Waals surface area contributed by atoms with Crippen molar-refractivity contribution >= 4 is 5.96 Å². The normalized spacial score (nSPS) is 15.1. The number of hydrogen-bond donors (Lipinski definition) is 2. The number of nitrogens with zero attached hydrogens (tertiary/aromatic N) is 2. The van der Waals surface area contributed by atoms with Crippen LogP contribution in [0.1, 0.15) is 23.7 Å². The summed E-state index contributed by atoms with van der Waals surface area (Å²) in [7, 11) is 0. The van der Waals surface area contributed by atoms with Gasteiger partial charge in [-0.2, -0.15) is 0 Å². The average Bonchev–Trinajstić information content (AvgIpc) is 3.23. The third-order valence-electron chi connectivity index (χ3n) is 4.99. The van der Waals surface area contributed by atoms with E-state index in [1.807, 2.05) is 48.5 Å². The largest absolute Gasteiger partial charge is 0.488 e. The lowest BCUT2D eigenvalue weighted by molar-refractivity contribution is 0.235. The number of aromatic nitrogens is 1. The molecule has 0 spiro atoms. The van der Waals surface area contributed by atoms with E-state index in [1.165, 1.54) is 5.56 Å². The van der Waals surface area contributed by atoms with Gasteiger partial charge in [-0.05, 0) is 48.4 Å². The molecule has 2 aromatic carbocycles. The van der Waals surface area contributed by atoms with Gasteiger partial charge in [0.05, 0.1) is 18.8 Å². The Hall–Kier alpha value is -3.54. The highest BCUT2D eigenvalue weighted by molar-refractivity contribution is 5.79. The lowest BCUT2D eigenvalue weighted by Crippen LogP contribution is -2.42. The van der Waals surface area contributed by atoms with Crippen LogP contribution < -0.4 is 20.1 Å². The molecule has 0 bridgehead atoms. The van der Waals surface area contributed by atoms with Crippen molar-refractivity contribution in [1.82, 2.24) is 15.6 Å². The summed E-state index contributed by atoms with van der Waals surface area (Å²) in [6, 6.07) is 22.0.